The molecule has 0 saturated heterocycles. The molecule has 0 aromatic heterocycles. The smallest absolute Gasteiger partial charge is 0.251 e. The molecule has 0 aliphatic carbocycles. The summed E-state index contributed by atoms with van der Waals surface area (Å²) in [5, 5.41) is 8.81. The number of benzene rings is 2. The van der Waals surface area contributed by atoms with Crippen LogP contribution in [0, 0.1) is 0 Å². The quantitative estimate of drug-likeness (QED) is 0.758. The normalized spacial score (nSPS) is 11.0. The summed E-state index contributed by atoms with van der Waals surface area (Å²) in [6.45, 7) is 6.61. The van der Waals surface area contributed by atoms with Crippen LogP contribution in [0.1, 0.15) is 36.7 Å². The van der Waals surface area contributed by atoms with Crippen LogP contribution in [-0.4, -0.2) is 23.9 Å². The van der Waals surface area contributed by atoms with Crippen LogP contribution in [0.4, 0.5) is 5.69 Å². The summed E-state index contributed by atoms with van der Waals surface area (Å²) in [6, 6.07) is 16.8. The summed E-state index contributed by atoms with van der Waals surface area (Å²) in [7, 11) is 0. The summed E-state index contributed by atoms with van der Waals surface area (Å²) in [4.78, 5) is 24.2. The van der Waals surface area contributed by atoms with Gasteiger partial charge < -0.3 is 16.0 Å². The molecule has 2 aromatic carbocycles. The lowest BCUT2D eigenvalue weighted by atomic mass is 10.1. The van der Waals surface area contributed by atoms with Gasteiger partial charge in [-0.05, 0) is 44.5 Å². The number of hydrogen-bond donors (Lipinski definition) is 3. The third kappa shape index (κ3) is 6.77. The van der Waals surface area contributed by atoms with E-state index in [1.54, 1.807) is 24.3 Å². The standard InChI is InChI=1S/C20H25N3O2/c1-20(2,3)23-19(25)16-10-7-11-17(12-16)22-18(24)14-21-13-15-8-5-4-6-9-15/h4-12,21H,13-14H2,1-3H3,(H,22,24)(H,23,25). The van der Waals surface area contributed by atoms with Crippen molar-refractivity contribution in [1.29, 1.82) is 0 Å². The Hall–Kier alpha value is -2.66. The highest BCUT2D eigenvalue weighted by Gasteiger charge is 2.15. The fraction of sp³-hybridized carbons (Fsp3) is 0.300. The highest BCUT2D eigenvalue weighted by molar-refractivity contribution is 5.97. The molecule has 3 N–H and O–H groups in total. The Morgan fingerprint density at radius 1 is 0.960 bits per heavy atom. The maximum Gasteiger partial charge on any atom is 0.251 e. The second-order valence-corrected chi connectivity index (χ2v) is 6.92. The number of hydrogen-bond acceptors (Lipinski definition) is 3. The van der Waals surface area contributed by atoms with Gasteiger partial charge >= 0.3 is 0 Å². The summed E-state index contributed by atoms with van der Waals surface area (Å²) in [6.07, 6.45) is 0. The van der Waals surface area contributed by atoms with E-state index < -0.39 is 0 Å². The number of rotatable bonds is 6. The van der Waals surface area contributed by atoms with Crippen LogP contribution in [0.2, 0.25) is 0 Å². The predicted molar refractivity (Wildman–Crippen MR) is 100 cm³/mol. The van der Waals surface area contributed by atoms with Gasteiger partial charge in [-0.15, -0.1) is 0 Å². The number of anilines is 1. The second kappa shape index (κ2) is 8.44. The van der Waals surface area contributed by atoms with Crippen molar-refractivity contribution < 1.29 is 9.59 Å². The Labute approximate surface area is 148 Å². The van der Waals surface area contributed by atoms with E-state index in [0.717, 1.165) is 5.56 Å². The molecule has 0 unspecified atom stereocenters. The number of carbonyl (C=O) groups excluding carboxylic acids is 2. The van der Waals surface area contributed by atoms with Gasteiger partial charge in [-0.25, -0.2) is 0 Å². The van der Waals surface area contributed by atoms with Gasteiger partial charge in [0.05, 0.1) is 6.54 Å². The highest BCUT2D eigenvalue weighted by atomic mass is 16.2. The molecule has 5 nitrogen and oxygen atoms in total. The van der Waals surface area contributed by atoms with Crippen LogP contribution < -0.4 is 16.0 Å². The Kier molecular flexibility index (Phi) is 6.31. The lowest BCUT2D eigenvalue weighted by Crippen LogP contribution is -2.40. The largest absolute Gasteiger partial charge is 0.347 e. The summed E-state index contributed by atoms with van der Waals surface area (Å²) >= 11 is 0. The number of nitrogens with one attached hydrogen (secondary N) is 3. The first-order chi connectivity index (χ1) is 11.8. The average molecular weight is 339 g/mol. The molecule has 0 spiro atoms. The number of amides is 2. The van der Waals surface area contributed by atoms with E-state index >= 15 is 0 Å². The molecule has 2 amide bonds. The molecular weight excluding hydrogens is 314 g/mol. The van der Waals surface area contributed by atoms with Gasteiger partial charge in [0.15, 0.2) is 0 Å². The molecular formula is C20H25N3O2. The zero-order valence-electron chi connectivity index (χ0n) is 14.9. The Morgan fingerprint density at radius 3 is 2.36 bits per heavy atom. The topological polar surface area (TPSA) is 70.2 Å². The molecule has 0 bridgehead atoms. The van der Waals surface area contributed by atoms with Crippen molar-refractivity contribution in [1.82, 2.24) is 10.6 Å². The van der Waals surface area contributed by atoms with Crippen molar-refractivity contribution >= 4 is 17.5 Å². The summed E-state index contributed by atoms with van der Waals surface area (Å²) < 4.78 is 0. The third-order valence-electron chi connectivity index (χ3n) is 3.35. The van der Waals surface area contributed by atoms with Gasteiger partial charge in [0.25, 0.3) is 5.91 Å². The van der Waals surface area contributed by atoms with E-state index in [2.05, 4.69) is 16.0 Å². The van der Waals surface area contributed by atoms with E-state index in [1.807, 2.05) is 51.1 Å². The first-order valence-electron chi connectivity index (χ1n) is 8.30. The zero-order chi connectivity index (χ0) is 18.3. The van der Waals surface area contributed by atoms with Gasteiger partial charge in [0.2, 0.25) is 5.91 Å². The molecule has 0 aliphatic heterocycles. The van der Waals surface area contributed by atoms with E-state index in [4.69, 9.17) is 0 Å². The van der Waals surface area contributed by atoms with E-state index in [1.165, 1.54) is 0 Å². The third-order valence-corrected chi connectivity index (χ3v) is 3.35. The van der Waals surface area contributed by atoms with Crippen LogP contribution in [0.5, 0.6) is 0 Å². The zero-order valence-corrected chi connectivity index (χ0v) is 14.9. The van der Waals surface area contributed by atoms with Crippen LogP contribution in [0.15, 0.2) is 54.6 Å². The Balaban J connectivity index is 1.86. The van der Waals surface area contributed by atoms with Gasteiger partial charge in [-0.3, -0.25) is 9.59 Å². The molecule has 0 fully saturated rings. The first kappa shape index (κ1) is 18.7. The number of carbonyl (C=O) groups is 2. The molecule has 2 rings (SSSR count). The van der Waals surface area contributed by atoms with Crippen molar-refractivity contribution in [2.75, 3.05) is 11.9 Å². The molecule has 0 aliphatic rings. The molecule has 0 heterocycles. The lowest BCUT2D eigenvalue weighted by molar-refractivity contribution is -0.115. The van der Waals surface area contributed by atoms with Crippen molar-refractivity contribution in [3.8, 4) is 0 Å². The van der Waals surface area contributed by atoms with E-state index in [9.17, 15) is 9.59 Å². The van der Waals surface area contributed by atoms with Crippen molar-refractivity contribution in [3.63, 3.8) is 0 Å². The predicted octanol–water partition coefficient (Wildman–Crippen LogP) is 2.94. The van der Waals surface area contributed by atoms with Crippen molar-refractivity contribution in [2.45, 2.75) is 32.9 Å². The van der Waals surface area contributed by atoms with Crippen molar-refractivity contribution in [3.05, 3.63) is 65.7 Å². The molecule has 0 radical (unpaired) electrons. The van der Waals surface area contributed by atoms with Gasteiger partial charge in [-0.1, -0.05) is 36.4 Å². The molecule has 2 aromatic rings. The van der Waals surface area contributed by atoms with E-state index in [0.29, 0.717) is 17.8 Å². The average Bonchev–Trinajstić information content (AvgIpc) is 2.54. The summed E-state index contributed by atoms with van der Waals surface area (Å²) in [5.41, 5.74) is 1.94. The molecule has 25 heavy (non-hydrogen) atoms. The van der Waals surface area contributed by atoms with Crippen LogP contribution in [0.25, 0.3) is 0 Å². The van der Waals surface area contributed by atoms with Gasteiger partial charge in [0, 0.05) is 23.3 Å². The minimum absolute atomic E-state index is 0.149. The lowest BCUT2D eigenvalue weighted by Gasteiger charge is -2.20. The summed E-state index contributed by atoms with van der Waals surface area (Å²) in [5.74, 6) is -0.310. The van der Waals surface area contributed by atoms with Crippen LogP contribution in [-0.2, 0) is 11.3 Å². The van der Waals surface area contributed by atoms with Gasteiger partial charge in [-0.2, -0.15) is 0 Å². The minimum atomic E-state index is -0.308. The first-order valence-corrected chi connectivity index (χ1v) is 8.30. The second-order valence-electron chi connectivity index (χ2n) is 6.92. The fourth-order valence-corrected chi connectivity index (χ4v) is 2.27. The highest BCUT2D eigenvalue weighted by Crippen LogP contribution is 2.12. The molecule has 132 valence electrons. The maximum atomic E-state index is 12.2. The Morgan fingerprint density at radius 2 is 1.68 bits per heavy atom. The Bertz CT molecular complexity index is 721. The molecule has 0 saturated carbocycles. The SMILES string of the molecule is CC(C)(C)NC(=O)c1cccc(NC(=O)CNCc2ccccc2)c1. The van der Waals surface area contributed by atoms with Crippen LogP contribution in [0.3, 0.4) is 0 Å². The molecule has 5 heteroatoms. The fourth-order valence-electron chi connectivity index (χ4n) is 2.27. The maximum absolute atomic E-state index is 12.2. The minimum Gasteiger partial charge on any atom is -0.347 e. The monoisotopic (exact) mass is 339 g/mol. The van der Waals surface area contributed by atoms with Crippen LogP contribution >= 0.6 is 0 Å². The molecule has 0 atom stereocenters. The van der Waals surface area contributed by atoms with Crippen molar-refractivity contribution in [2.24, 2.45) is 0 Å². The van der Waals surface area contributed by atoms with E-state index in [-0.39, 0.29) is 23.9 Å². The van der Waals surface area contributed by atoms with Gasteiger partial charge in [0.1, 0.15) is 0 Å².